The van der Waals surface area contributed by atoms with E-state index in [1.165, 1.54) is 11.1 Å². The molecule has 1 spiro atoms. The van der Waals surface area contributed by atoms with Crippen LogP contribution in [-0.2, 0) is 31.3 Å². The summed E-state index contributed by atoms with van der Waals surface area (Å²) in [6, 6.07) is 11.6. The maximum atomic E-state index is 13.5. The first-order chi connectivity index (χ1) is 23.6. The van der Waals surface area contributed by atoms with Gasteiger partial charge < -0.3 is 19.1 Å². The average Bonchev–Trinajstić information content (AvgIpc) is 3.22. The molecule has 7 rings (SSSR count). The van der Waals surface area contributed by atoms with Crippen molar-refractivity contribution in [1.82, 2.24) is 4.72 Å². The molecule has 2 aromatic carbocycles. The molecular formula is C39H51ClN2O6S. The molecule has 0 unspecified atom stereocenters. The zero-order chi connectivity index (χ0) is 34.2. The van der Waals surface area contributed by atoms with Gasteiger partial charge in [-0.05, 0) is 130 Å². The number of sulfonamides is 1. The van der Waals surface area contributed by atoms with Crippen LogP contribution in [0.4, 0.5) is 5.69 Å². The third-order valence-corrected chi connectivity index (χ3v) is 14.3. The summed E-state index contributed by atoms with van der Waals surface area (Å²) in [7, 11) is -3.92. The molecule has 1 saturated heterocycles. The van der Waals surface area contributed by atoms with Gasteiger partial charge in [0.2, 0.25) is 10.0 Å². The second kappa shape index (κ2) is 14.6. The SMILES string of the molecule is C[C@@H]1[C@@H](C)C/C=C\[C@H](OCCC2CCOCC2)[C@@H]2CC[C@H]2CN2C[C@@]3(CCCc4cc(Cl)ccc43)COc3ccc(cc32)C(=O)NS1(=O)=O. The van der Waals surface area contributed by atoms with Crippen LogP contribution in [0.5, 0.6) is 5.75 Å². The molecule has 0 aromatic heterocycles. The first-order valence-corrected chi connectivity index (χ1v) is 20.3. The number of nitrogens with zero attached hydrogens (tertiary/aromatic N) is 1. The van der Waals surface area contributed by atoms with E-state index in [4.69, 9.17) is 25.8 Å². The number of amides is 1. The summed E-state index contributed by atoms with van der Waals surface area (Å²) < 4.78 is 48.2. The first kappa shape index (κ1) is 34.8. The van der Waals surface area contributed by atoms with Crippen molar-refractivity contribution in [3.8, 4) is 5.75 Å². The molecule has 2 bridgehead atoms. The number of halogens is 1. The van der Waals surface area contributed by atoms with Crippen LogP contribution in [0.1, 0.15) is 86.7 Å². The number of hydrogen-bond acceptors (Lipinski definition) is 7. The minimum atomic E-state index is -3.92. The molecule has 6 atom stereocenters. The Labute approximate surface area is 296 Å². The normalized spacial score (nSPS) is 32.5. The van der Waals surface area contributed by atoms with Gasteiger partial charge in [-0.25, -0.2) is 13.1 Å². The Morgan fingerprint density at radius 2 is 1.92 bits per heavy atom. The van der Waals surface area contributed by atoms with E-state index >= 15 is 0 Å². The average molecular weight is 711 g/mol. The minimum absolute atomic E-state index is 0.0362. The van der Waals surface area contributed by atoms with Gasteiger partial charge in [-0.15, -0.1) is 0 Å². The number of ether oxygens (including phenoxy) is 3. The van der Waals surface area contributed by atoms with Crippen molar-refractivity contribution in [2.75, 3.05) is 44.4 Å². The van der Waals surface area contributed by atoms with Crippen LogP contribution in [0.15, 0.2) is 48.6 Å². The lowest BCUT2D eigenvalue weighted by molar-refractivity contribution is -0.0243. The van der Waals surface area contributed by atoms with Crippen LogP contribution < -0.4 is 14.4 Å². The van der Waals surface area contributed by atoms with Crippen molar-refractivity contribution in [3.63, 3.8) is 0 Å². The highest BCUT2D eigenvalue weighted by Gasteiger charge is 2.44. The zero-order valence-corrected chi connectivity index (χ0v) is 30.4. The lowest BCUT2D eigenvalue weighted by atomic mass is 9.68. The highest BCUT2D eigenvalue weighted by atomic mass is 35.5. The topological polar surface area (TPSA) is 94.2 Å². The van der Waals surface area contributed by atoms with Crippen LogP contribution in [0.25, 0.3) is 0 Å². The van der Waals surface area contributed by atoms with E-state index in [2.05, 4.69) is 33.9 Å². The molecule has 2 aromatic rings. The fraction of sp³-hybridized carbons (Fsp3) is 0.615. The first-order valence-electron chi connectivity index (χ1n) is 18.3. The van der Waals surface area contributed by atoms with E-state index in [1.54, 1.807) is 13.0 Å². The fourth-order valence-corrected chi connectivity index (χ4v) is 10.2. The van der Waals surface area contributed by atoms with Crippen LogP contribution in [0.3, 0.4) is 0 Å². The molecule has 10 heteroatoms. The van der Waals surface area contributed by atoms with Crippen LogP contribution in [0.2, 0.25) is 5.02 Å². The second-order valence-corrected chi connectivity index (χ2v) is 17.8. The second-order valence-electron chi connectivity index (χ2n) is 15.3. The number of hydrogen-bond donors (Lipinski definition) is 1. The molecule has 3 aliphatic heterocycles. The van der Waals surface area contributed by atoms with Crippen molar-refractivity contribution in [1.29, 1.82) is 0 Å². The lowest BCUT2D eigenvalue weighted by Gasteiger charge is -2.46. The summed E-state index contributed by atoms with van der Waals surface area (Å²) in [5.74, 6) is 1.31. The van der Waals surface area contributed by atoms with E-state index in [0.717, 1.165) is 94.1 Å². The molecule has 1 amide bonds. The summed E-state index contributed by atoms with van der Waals surface area (Å²) in [5, 5.41) is -0.0000719. The number of anilines is 1. The van der Waals surface area contributed by atoms with Gasteiger partial charge in [0.05, 0.1) is 23.6 Å². The highest BCUT2D eigenvalue weighted by Crippen LogP contribution is 2.47. The smallest absolute Gasteiger partial charge is 0.264 e. The minimum Gasteiger partial charge on any atom is -0.490 e. The molecule has 0 radical (unpaired) electrons. The Balaban J connectivity index is 1.23. The fourth-order valence-electron chi connectivity index (χ4n) is 8.73. The van der Waals surface area contributed by atoms with Crippen LogP contribution >= 0.6 is 11.6 Å². The summed E-state index contributed by atoms with van der Waals surface area (Å²) in [6.45, 7) is 8.05. The number of allylic oxidation sites excluding steroid dienone is 1. The van der Waals surface area contributed by atoms with E-state index in [1.807, 2.05) is 25.1 Å². The van der Waals surface area contributed by atoms with Gasteiger partial charge in [0, 0.05) is 48.9 Å². The van der Waals surface area contributed by atoms with Gasteiger partial charge in [0.15, 0.2) is 0 Å². The molecule has 3 heterocycles. The molecule has 1 N–H and O–H groups in total. The third kappa shape index (κ3) is 7.42. The van der Waals surface area contributed by atoms with Crippen molar-refractivity contribution in [2.24, 2.45) is 23.7 Å². The summed E-state index contributed by atoms with van der Waals surface area (Å²) in [5.41, 5.74) is 3.48. The Morgan fingerprint density at radius 1 is 1.08 bits per heavy atom. The number of benzene rings is 2. The van der Waals surface area contributed by atoms with Gasteiger partial charge in [0.1, 0.15) is 5.75 Å². The number of nitrogens with one attached hydrogen (secondary N) is 1. The standard InChI is InChI=1S/C39H51ClN2O6S/c1-26-5-3-7-36(47-20-16-28-14-18-46-19-15-28)33-11-8-31(33)23-42-24-39(17-4-6-29-21-32(40)10-12-34(29)39)25-48-37-13-9-30(22-35(37)42)38(43)41-49(44,45)27(26)2/h3,7,9-10,12-13,21-22,26-28,31,33,36H,4-6,8,11,14-20,23-25H2,1-2H3,(H,41,43)/b7-3-/t26-,27+,31-,33+,36-,39-/m0/s1. The molecule has 2 fully saturated rings. The summed E-state index contributed by atoms with van der Waals surface area (Å²) in [6.07, 6.45) is 13.3. The quantitative estimate of drug-likeness (QED) is 0.339. The molecular weight excluding hydrogens is 660 g/mol. The van der Waals surface area contributed by atoms with E-state index in [0.29, 0.717) is 43.0 Å². The van der Waals surface area contributed by atoms with Gasteiger partial charge in [0.25, 0.3) is 5.91 Å². The van der Waals surface area contributed by atoms with Crippen molar-refractivity contribution in [2.45, 2.75) is 88.4 Å². The van der Waals surface area contributed by atoms with E-state index in [-0.39, 0.29) is 17.4 Å². The number of carbonyl (C=O) groups is 1. The van der Waals surface area contributed by atoms with Crippen LogP contribution in [-0.4, -0.2) is 65.2 Å². The lowest BCUT2D eigenvalue weighted by Crippen LogP contribution is -2.49. The number of carbonyl (C=O) groups excluding carboxylic acids is 1. The Morgan fingerprint density at radius 3 is 2.71 bits per heavy atom. The Kier molecular flexibility index (Phi) is 10.4. The maximum absolute atomic E-state index is 13.5. The molecule has 49 heavy (non-hydrogen) atoms. The highest BCUT2D eigenvalue weighted by molar-refractivity contribution is 7.90. The monoisotopic (exact) mass is 710 g/mol. The Bertz CT molecular complexity index is 1660. The van der Waals surface area contributed by atoms with E-state index < -0.39 is 21.2 Å². The maximum Gasteiger partial charge on any atom is 0.264 e. The van der Waals surface area contributed by atoms with Crippen LogP contribution in [0, 0.1) is 23.7 Å². The van der Waals surface area contributed by atoms with Gasteiger partial charge in [-0.2, -0.15) is 0 Å². The Hall–Kier alpha value is -2.59. The number of aryl methyl sites for hydroxylation is 1. The van der Waals surface area contributed by atoms with E-state index in [9.17, 15) is 13.2 Å². The third-order valence-electron chi connectivity index (χ3n) is 12.2. The molecule has 5 aliphatic rings. The molecule has 8 nitrogen and oxygen atoms in total. The van der Waals surface area contributed by atoms with Gasteiger partial charge in [-0.3, -0.25) is 4.79 Å². The molecule has 2 aliphatic carbocycles. The van der Waals surface area contributed by atoms with Crippen molar-refractivity contribution < 1.29 is 27.4 Å². The zero-order valence-electron chi connectivity index (χ0n) is 28.9. The summed E-state index contributed by atoms with van der Waals surface area (Å²) >= 11 is 6.46. The largest absolute Gasteiger partial charge is 0.490 e. The number of rotatable bonds is 4. The predicted octanol–water partition coefficient (Wildman–Crippen LogP) is 7.09. The van der Waals surface area contributed by atoms with Crippen molar-refractivity contribution in [3.05, 3.63) is 70.3 Å². The van der Waals surface area contributed by atoms with Crippen molar-refractivity contribution >= 4 is 33.2 Å². The van der Waals surface area contributed by atoms with Gasteiger partial charge in [-0.1, -0.05) is 36.7 Å². The number of fused-ring (bicyclic) bond motifs is 4. The molecule has 1 saturated carbocycles. The molecule has 266 valence electrons. The predicted molar refractivity (Wildman–Crippen MR) is 193 cm³/mol. The van der Waals surface area contributed by atoms with Gasteiger partial charge >= 0.3 is 0 Å². The summed E-state index contributed by atoms with van der Waals surface area (Å²) in [4.78, 5) is 15.9.